The highest BCUT2D eigenvalue weighted by atomic mass is 32.1. The quantitative estimate of drug-likeness (QED) is 0.167. The molecule has 5 nitrogen and oxygen atoms in total. The van der Waals surface area contributed by atoms with E-state index in [0.717, 1.165) is 61.3 Å². The lowest BCUT2D eigenvalue weighted by atomic mass is 10.0. The van der Waals surface area contributed by atoms with Gasteiger partial charge in [-0.2, -0.15) is 0 Å². The van der Waals surface area contributed by atoms with Gasteiger partial charge in [0, 0.05) is 64.1 Å². The summed E-state index contributed by atoms with van der Waals surface area (Å²) in [5, 5.41) is 12.0. The Hall–Kier alpha value is -9.23. The van der Waals surface area contributed by atoms with Crippen LogP contribution in [-0.2, 0) is 0 Å². The van der Waals surface area contributed by atoms with Gasteiger partial charge in [0.05, 0.1) is 27.8 Å². The van der Waals surface area contributed by atoms with Crippen molar-refractivity contribution >= 4 is 96.7 Å². The lowest BCUT2D eigenvalue weighted by molar-refractivity contribution is 1.07. The van der Waals surface area contributed by atoms with E-state index < -0.39 is 0 Å². The van der Waals surface area contributed by atoms with Crippen LogP contribution >= 0.6 is 11.3 Å². The van der Waals surface area contributed by atoms with E-state index in [9.17, 15) is 0 Å². The fourth-order valence-corrected chi connectivity index (χ4v) is 12.2. The number of thiophene rings is 1. The van der Waals surface area contributed by atoms with E-state index in [1.165, 1.54) is 63.3 Å². The molecule has 11 aromatic carbocycles. The first-order valence-corrected chi connectivity index (χ1v) is 24.8. The first-order chi connectivity index (χ1) is 35.2. The van der Waals surface area contributed by atoms with Crippen LogP contribution in [0.5, 0.6) is 0 Å². The topological polar surface area (TPSA) is 48.5 Å². The Balaban J connectivity index is 1.05. The third-order valence-corrected chi connectivity index (χ3v) is 15.5. The van der Waals surface area contributed by atoms with Crippen LogP contribution in [0.25, 0.3) is 142 Å². The molecule has 0 aliphatic rings. The van der Waals surface area contributed by atoms with Crippen LogP contribution < -0.4 is 0 Å². The molecule has 0 atom stereocenters. The fraction of sp³-hybridized carbons (Fsp3) is 0. The van der Waals surface area contributed by atoms with Crippen molar-refractivity contribution in [3.63, 3.8) is 0 Å². The van der Waals surface area contributed by atoms with Crippen molar-refractivity contribution in [2.45, 2.75) is 0 Å². The molecule has 0 spiro atoms. The average molecular weight is 922 g/mol. The van der Waals surface area contributed by atoms with Crippen molar-refractivity contribution in [1.29, 1.82) is 0 Å². The van der Waals surface area contributed by atoms with Gasteiger partial charge in [0.15, 0.2) is 17.5 Å². The Kier molecular flexibility index (Phi) is 8.76. The molecule has 0 aliphatic carbocycles. The molecule has 0 bridgehead atoms. The highest BCUT2D eigenvalue weighted by Crippen LogP contribution is 2.47. The van der Waals surface area contributed by atoms with E-state index in [-0.39, 0.29) is 0 Å². The van der Waals surface area contributed by atoms with Crippen molar-refractivity contribution in [1.82, 2.24) is 24.1 Å². The van der Waals surface area contributed by atoms with Gasteiger partial charge in [0.2, 0.25) is 0 Å². The molecule has 0 radical (unpaired) electrons. The Labute approximate surface area is 411 Å². The molecule has 4 aromatic heterocycles. The molecule has 15 rings (SSSR count). The molecule has 330 valence electrons. The van der Waals surface area contributed by atoms with Crippen molar-refractivity contribution in [3.05, 3.63) is 237 Å². The molecule has 0 aliphatic heterocycles. The fourth-order valence-electron chi connectivity index (χ4n) is 11.1. The molecule has 15 aromatic rings. The Bertz CT molecular complexity index is 4620. The number of hydrogen-bond acceptors (Lipinski definition) is 4. The minimum absolute atomic E-state index is 0.601. The standard InChI is InChI=1S/C65H39N5S/c1-3-15-40(16-4-1)41-27-29-43(30-28-41)63-66-64(46-31-33-50-49-23-11-13-25-54(49)69(56(50)39-46)47-20-5-2-6-21-47)68-65(67-63)52-34-36-59-61(51-24-12-14-26-58(51)71-59)62(52)70-55-35-32-42-17-9-10-22-48(42)60(55)53-37-44-18-7-8-19-45(44)38-57(53)70/h1-39H. The van der Waals surface area contributed by atoms with Gasteiger partial charge in [-0.15, -0.1) is 11.3 Å². The van der Waals surface area contributed by atoms with Crippen LogP contribution in [0.15, 0.2) is 237 Å². The molecular formula is C65H39N5S. The van der Waals surface area contributed by atoms with Crippen LogP contribution in [0.2, 0.25) is 0 Å². The summed E-state index contributed by atoms with van der Waals surface area (Å²) in [6.07, 6.45) is 0. The van der Waals surface area contributed by atoms with Gasteiger partial charge in [-0.3, -0.25) is 0 Å². The summed E-state index contributed by atoms with van der Waals surface area (Å²) in [5.41, 5.74) is 11.7. The zero-order valence-corrected chi connectivity index (χ0v) is 39.0. The summed E-state index contributed by atoms with van der Waals surface area (Å²) in [6.45, 7) is 0. The normalized spacial score (nSPS) is 11.9. The van der Waals surface area contributed by atoms with Gasteiger partial charge in [-0.25, -0.2) is 15.0 Å². The van der Waals surface area contributed by atoms with E-state index in [0.29, 0.717) is 17.5 Å². The SMILES string of the molecule is c1ccc(-c2ccc(-c3nc(-c4ccc5c6ccccc6n(-c6ccccc6)c5c4)nc(-c4ccc5sc6ccccc6c5c4-n4c5cc6ccccc6cc5c5c6ccccc6ccc54)n3)cc2)cc1. The van der Waals surface area contributed by atoms with Crippen molar-refractivity contribution < 1.29 is 0 Å². The lowest BCUT2D eigenvalue weighted by Gasteiger charge is -2.17. The third-order valence-electron chi connectivity index (χ3n) is 14.3. The maximum Gasteiger partial charge on any atom is 0.166 e. The molecule has 0 saturated heterocycles. The van der Waals surface area contributed by atoms with Crippen molar-refractivity contribution in [2.24, 2.45) is 0 Å². The van der Waals surface area contributed by atoms with Gasteiger partial charge in [-0.1, -0.05) is 176 Å². The maximum atomic E-state index is 5.59. The summed E-state index contributed by atoms with van der Waals surface area (Å²) >= 11 is 1.83. The van der Waals surface area contributed by atoms with E-state index in [1.807, 2.05) is 11.3 Å². The minimum atomic E-state index is 0.601. The number of benzene rings is 11. The molecule has 6 heteroatoms. The van der Waals surface area contributed by atoms with E-state index in [2.05, 4.69) is 246 Å². The van der Waals surface area contributed by atoms with Gasteiger partial charge < -0.3 is 9.13 Å². The molecular weight excluding hydrogens is 883 g/mol. The summed E-state index contributed by atoms with van der Waals surface area (Å²) in [5.74, 6) is 1.81. The predicted molar refractivity (Wildman–Crippen MR) is 298 cm³/mol. The molecule has 0 unspecified atom stereocenters. The Morgan fingerprint density at radius 2 is 0.887 bits per heavy atom. The molecule has 4 heterocycles. The van der Waals surface area contributed by atoms with Crippen LogP contribution in [0, 0.1) is 0 Å². The van der Waals surface area contributed by atoms with E-state index >= 15 is 0 Å². The maximum absolute atomic E-state index is 5.59. The van der Waals surface area contributed by atoms with Crippen LogP contribution in [0.1, 0.15) is 0 Å². The lowest BCUT2D eigenvalue weighted by Crippen LogP contribution is -2.04. The minimum Gasteiger partial charge on any atom is -0.309 e. The molecule has 71 heavy (non-hydrogen) atoms. The van der Waals surface area contributed by atoms with Gasteiger partial charge in [0.25, 0.3) is 0 Å². The molecule has 0 saturated carbocycles. The number of rotatable bonds is 6. The zero-order chi connectivity index (χ0) is 46.6. The van der Waals surface area contributed by atoms with Crippen molar-refractivity contribution in [3.8, 4) is 56.7 Å². The number of hydrogen-bond donors (Lipinski definition) is 0. The Morgan fingerprint density at radius 1 is 0.296 bits per heavy atom. The third kappa shape index (κ3) is 6.22. The summed E-state index contributed by atoms with van der Waals surface area (Å²) in [6, 6.07) is 85.1. The van der Waals surface area contributed by atoms with Crippen molar-refractivity contribution in [2.75, 3.05) is 0 Å². The first-order valence-electron chi connectivity index (χ1n) is 24.0. The number of para-hydroxylation sites is 2. The number of aromatic nitrogens is 5. The monoisotopic (exact) mass is 921 g/mol. The highest BCUT2D eigenvalue weighted by molar-refractivity contribution is 7.25. The molecule has 0 fully saturated rings. The second-order valence-electron chi connectivity index (χ2n) is 18.3. The first kappa shape index (κ1) is 39.7. The van der Waals surface area contributed by atoms with Crippen LogP contribution in [0.3, 0.4) is 0 Å². The largest absolute Gasteiger partial charge is 0.309 e. The van der Waals surface area contributed by atoms with Gasteiger partial charge in [-0.05, 0) is 93.3 Å². The highest BCUT2D eigenvalue weighted by Gasteiger charge is 2.25. The molecule has 0 N–H and O–H groups in total. The van der Waals surface area contributed by atoms with Gasteiger partial charge >= 0.3 is 0 Å². The zero-order valence-electron chi connectivity index (χ0n) is 38.2. The van der Waals surface area contributed by atoms with E-state index in [1.54, 1.807) is 0 Å². The molecule has 0 amide bonds. The predicted octanol–water partition coefficient (Wildman–Crippen LogP) is 17.4. The summed E-state index contributed by atoms with van der Waals surface area (Å²) < 4.78 is 7.28. The number of nitrogens with zero attached hydrogens (tertiary/aromatic N) is 5. The smallest absolute Gasteiger partial charge is 0.166 e. The summed E-state index contributed by atoms with van der Waals surface area (Å²) in [7, 11) is 0. The average Bonchev–Trinajstić information content (AvgIpc) is 4.10. The Morgan fingerprint density at radius 3 is 1.70 bits per heavy atom. The van der Waals surface area contributed by atoms with Crippen LogP contribution in [0.4, 0.5) is 0 Å². The van der Waals surface area contributed by atoms with E-state index in [4.69, 9.17) is 15.0 Å². The van der Waals surface area contributed by atoms with Crippen LogP contribution in [-0.4, -0.2) is 24.1 Å². The number of fused-ring (bicyclic) bond motifs is 12. The van der Waals surface area contributed by atoms with Gasteiger partial charge in [0.1, 0.15) is 0 Å². The second-order valence-corrected chi connectivity index (χ2v) is 19.4. The second kappa shape index (κ2) is 15.7. The summed E-state index contributed by atoms with van der Waals surface area (Å²) in [4.78, 5) is 16.5.